The lowest BCUT2D eigenvalue weighted by Crippen LogP contribution is -2.01. The quantitative estimate of drug-likeness (QED) is 0.863. The molecule has 81 valence electrons. The highest BCUT2D eigenvalue weighted by atomic mass is 32.2. The first-order valence-corrected chi connectivity index (χ1v) is 6.09. The third kappa shape index (κ3) is 1.92. The highest BCUT2D eigenvalue weighted by Gasteiger charge is 2.16. The summed E-state index contributed by atoms with van der Waals surface area (Å²) >= 11 is 0. The lowest BCUT2D eigenvalue weighted by molar-refractivity contribution is 0.475. The Morgan fingerprint density at radius 2 is 1.38 bits per heavy atom. The molecule has 0 aliphatic heterocycles. The average Bonchev–Trinajstić information content (AvgIpc) is 2.31. The van der Waals surface area contributed by atoms with E-state index in [1.54, 1.807) is 12.1 Å². The van der Waals surface area contributed by atoms with Gasteiger partial charge in [-0.2, -0.15) is 0 Å². The predicted octanol–water partition coefficient (Wildman–Crippen LogP) is 2.03. The van der Waals surface area contributed by atoms with Gasteiger partial charge in [0.05, 0.1) is 9.79 Å². The van der Waals surface area contributed by atoms with E-state index >= 15 is 0 Å². The van der Waals surface area contributed by atoms with Crippen molar-refractivity contribution in [2.75, 3.05) is 0 Å². The minimum absolute atomic E-state index is 0.0420. The van der Waals surface area contributed by atoms with Crippen molar-refractivity contribution >= 4 is 9.84 Å². The van der Waals surface area contributed by atoms with Crippen LogP contribution in [0.15, 0.2) is 58.3 Å². The molecule has 0 bridgehead atoms. The smallest absolute Gasteiger partial charge is 0.206 e. The second-order valence-corrected chi connectivity index (χ2v) is 5.18. The predicted molar refractivity (Wildman–Crippen MR) is 58.8 cm³/mol. The largest absolute Gasteiger partial charge is 0.508 e. The van der Waals surface area contributed by atoms with Crippen LogP contribution in [0.3, 0.4) is 0 Å². The highest BCUT2D eigenvalue weighted by Crippen LogP contribution is 2.21. The minimum Gasteiger partial charge on any atom is -0.508 e. The molecule has 16 heavy (non-hydrogen) atoms. The van der Waals surface area contributed by atoms with Crippen LogP contribution in [-0.2, 0) is 9.84 Å². The molecule has 0 saturated carbocycles. The van der Waals surface area contributed by atoms with Crippen molar-refractivity contribution in [2.24, 2.45) is 0 Å². The molecule has 0 fully saturated rings. The van der Waals surface area contributed by atoms with E-state index in [1.165, 1.54) is 36.4 Å². The average molecular weight is 233 g/mol. The van der Waals surface area contributed by atoms with Crippen molar-refractivity contribution in [3.63, 3.8) is 0 Å². The van der Waals surface area contributed by atoms with Crippen molar-refractivity contribution in [1.29, 1.82) is 0 Å². The summed E-state index contributed by atoms with van der Waals surface area (Å²) < 4.78 is 24.1. The Labute approximate surface area is 93.9 Å². The second kappa shape index (κ2) is 3.98. The van der Waals surface area contributed by atoms with Gasteiger partial charge in [-0.1, -0.05) is 12.1 Å². The number of hydrogen-bond donors (Lipinski definition) is 1. The van der Waals surface area contributed by atoms with Crippen molar-refractivity contribution in [2.45, 2.75) is 9.79 Å². The topological polar surface area (TPSA) is 54.4 Å². The molecular formula is C12H9O3S. The summed E-state index contributed by atoms with van der Waals surface area (Å²) in [5, 5.41) is 9.09. The molecule has 3 nitrogen and oxygen atoms in total. The van der Waals surface area contributed by atoms with Crippen LogP contribution in [0.4, 0.5) is 0 Å². The third-order valence-electron chi connectivity index (χ3n) is 2.14. The standard InChI is InChI=1S/C12H9O3S/c13-10-6-8-12(9-7-10)16(14,15)11-4-2-1-3-5-11/h2-9,13H. The van der Waals surface area contributed by atoms with E-state index < -0.39 is 9.84 Å². The zero-order chi connectivity index (χ0) is 11.6. The van der Waals surface area contributed by atoms with Crippen LogP contribution in [0.2, 0.25) is 0 Å². The molecule has 1 radical (unpaired) electrons. The monoisotopic (exact) mass is 233 g/mol. The molecule has 0 atom stereocenters. The van der Waals surface area contributed by atoms with Gasteiger partial charge in [-0.05, 0) is 42.5 Å². The van der Waals surface area contributed by atoms with Crippen molar-refractivity contribution in [1.82, 2.24) is 0 Å². The van der Waals surface area contributed by atoms with Crippen LogP contribution in [-0.4, -0.2) is 13.5 Å². The fraction of sp³-hybridized carbons (Fsp3) is 0. The van der Waals surface area contributed by atoms with Crippen LogP contribution in [0.5, 0.6) is 5.75 Å². The molecule has 0 saturated heterocycles. The second-order valence-electron chi connectivity index (χ2n) is 3.23. The molecule has 0 aliphatic rings. The molecule has 4 heteroatoms. The zero-order valence-electron chi connectivity index (χ0n) is 8.29. The first-order valence-electron chi connectivity index (χ1n) is 4.61. The Morgan fingerprint density at radius 3 is 1.94 bits per heavy atom. The molecule has 0 spiro atoms. The fourth-order valence-electron chi connectivity index (χ4n) is 1.31. The number of rotatable bonds is 2. The van der Waals surface area contributed by atoms with Crippen LogP contribution in [0.25, 0.3) is 0 Å². The summed E-state index contributed by atoms with van der Waals surface area (Å²) in [6.45, 7) is 0. The van der Waals surface area contributed by atoms with Crippen molar-refractivity contribution < 1.29 is 13.5 Å². The first-order chi connectivity index (χ1) is 7.60. The Bertz CT molecular complexity index is 571. The summed E-state index contributed by atoms with van der Waals surface area (Å²) in [5.41, 5.74) is 0. The summed E-state index contributed by atoms with van der Waals surface area (Å²) in [4.78, 5) is 0.383. The van der Waals surface area contributed by atoms with Gasteiger partial charge in [0.2, 0.25) is 9.84 Å². The van der Waals surface area contributed by atoms with Gasteiger partial charge in [0.25, 0.3) is 0 Å². The number of benzene rings is 2. The van der Waals surface area contributed by atoms with E-state index in [0.29, 0.717) is 0 Å². The number of phenols is 1. The lowest BCUT2D eigenvalue weighted by Gasteiger charge is -2.03. The molecule has 0 unspecified atom stereocenters. The van der Waals surface area contributed by atoms with Crippen LogP contribution in [0.1, 0.15) is 0 Å². The maximum Gasteiger partial charge on any atom is 0.206 e. The fourth-order valence-corrected chi connectivity index (χ4v) is 2.57. The van der Waals surface area contributed by atoms with Gasteiger partial charge in [-0.25, -0.2) is 8.42 Å². The highest BCUT2D eigenvalue weighted by molar-refractivity contribution is 7.91. The Kier molecular flexibility index (Phi) is 2.66. The normalized spacial score (nSPS) is 11.2. The van der Waals surface area contributed by atoms with Gasteiger partial charge in [-0.3, -0.25) is 0 Å². The van der Waals surface area contributed by atoms with E-state index in [0.717, 1.165) is 0 Å². The molecular weight excluding hydrogens is 224 g/mol. The molecule has 0 amide bonds. The third-order valence-corrected chi connectivity index (χ3v) is 3.93. The first kappa shape index (κ1) is 10.7. The SMILES string of the molecule is O=S(=O)(c1cc[c]cc1)c1ccc(O)cc1. The Balaban J connectivity index is 2.52. The molecule has 2 aromatic rings. The number of hydrogen-bond acceptors (Lipinski definition) is 3. The number of sulfone groups is 1. The van der Waals surface area contributed by atoms with E-state index in [-0.39, 0.29) is 15.5 Å². The molecule has 2 rings (SSSR count). The van der Waals surface area contributed by atoms with Gasteiger partial charge < -0.3 is 5.11 Å². The number of phenolic OH excluding ortho intramolecular Hbond substituents is 1. The lowest BCUT2D eigenvalue weighted by atomic mass is 10.3. The van der Waals surface area contributed by atoms with E-state index in [4.69, 9.17) is 5.11 Å². The maximum absolute atomic E-state index is 12.0. The van der Waals surface area contributed by atoms with Gasteiger partial charge in [0.15, 0.2) is 0 Å². The maximum atomic E-state index is 12.0. The minimum atomic E-state index is -3.49. The molecule has 0 aromatic heterocycles. The summed E-state index contributed by atoms with van der Waals surface area (Å²) in [6, 6.07) is 14.3. The van der Waals surface area contributed by atoms with E-state index in [9.17, 15) is 8.42 Å². The van der Waals surface area contributed by atoms with Crippen molar-refractivity contribution in [3.05, 3.63) is 54.6 Å². The molecule has 2 aromatic carbocycles. The Hall–Kier alpha value is -1.81. The summed E-state index contributed by atoms with van der Waals surface area (Å²) in [5.74, 6) is 0.0420. The summed E-state index contributed by atoms with van der Waals surface area (Å²) in [7, 11) is -3.49. The van der Waals surface area contributed by atoms with Gasteiger partial charge in [-0.15, -0.1) is 0 Å². The van der Waals surface area contributed by atoms with Gasteiger partial charge in [0, 0.05) is 0 Å². The van der Waals surface area contributed by atoms with Gasteiger partial charge in [0.1, 0.15) is 5.75 Å². The molecule has 0 heterocycles. The summed E-state index contributed by atoms with van der Waals surface area (Å²) in [6.07, 6.45) is 0. The van der Waals surface area contributed by atoms with Crippen LogP contribution >= 0.6 is 0 Å². The number of aromatic hydroxyl groups is 1. The van der Waals surface area contributed by atoms with Crippen molar-refractivity contribution in [3.8, 4) is 5.75 Å². The van der Waals surface area contributed by atoms with E-state index in [2.05, 4.69) is 6.07 Å². The van der Waals surface area contributed by atoms with Crippen LogP contribution < -0.4 is 0 Å². The molecule has 0 aliphatic carbocycles. The zero-order valence-corrected chi connectivity index (χ0v) is 9.11. The van der Waals surface area contributed by atoms with Gasteiger partial charge >= 0.3 is 0 Å². The van der Waals surface area contributed by atoms with Crippen LogP contribution in [0, 0.1) is 6.07 Å². The Morgan fingerprint density at radius 1 is 0.875 bits per heavy atom. The van der Waals surface area contributed by atoms with E-state index in [1.807, 2.05) is 0 Å². The molecule has 1 N–H and O–H groups in total.